The van der Waals surface area contributed by atoms with Gasteiger partial charge in [0.15, 0.2) is 0 Å². The number of hydrogen-bond acceptors (Lipinski definition) is 2. The fourth-order valence-electron chi connectivity index (χ4n) is 2.12. The maximum atomic E-state index is 14.1. The highest BCUT2D eigenvalue weighted by molar-refractivity contribution is 5.35. The van der Waals surface area contributed by atoms with Crippen LogP contribution in [0.3, 0.4) is 0 Å². The summed E-state index contributed by atoms with van der Waals surface area (Å²) in [4.78, 5) is 0. The normalized spacial score (nSPS) is 19.8. The highest BCUT2D eigenvalue weighted by Crippen LogP contribution is 2.34. The van der Waals surface area contributed by atoms with E-state index in [1.165, 1.54) is 0 Å². The van der Waals surface area contributed by atoms with Crippen molar-refractivity contribution in [2.75, 3.05) is 13.2 Å². The molecule has 1 N–H and O–H groups in total. The maximum absolute atomic E-state index is 14.1. The Morgan fingerprint density at radius 2 is 1.88 bits per heavy atom. The predicted octanol–water partition coefficient (Wildman–Crippen LogP) is 2.44. The highest BCUT2D eigenvalue weighted by Gasteiger charge is 2.34. The fourth-order valence-corrected chi connectivity index (χ4v) is 2.12. The van der Waals surface area contributed by atoms with Gasteiger partial charge in [0.25, 0.3) is 0 Å². The second-order valence-electron chi connectivity index (χ2n) is 4.51. The first-order valence-electron chi connectivity index (χ1n) is 5.61. The molecule has 0 aliphatic carbocycles. The van der Waals surface area contributed by atoms with Gasteiger partial charge in [-0.1, -0.05) is 12.1 Å². The Kier molecular flexibility index (Phi) is 3.00. The average molecular weight is 224 g/mol. The Morgan fingerprint density at radius 3 is 2.50 bits per heavy atom. The van der Waals surface area contributed by atoms with Crippen LogP contribution in [0.5, 0.6) is 0 Å². The minimum atomic E-state index is -1.05. The molecule has 16 heavy (non-hydrogen) atoms. The number of benzene rings is 1. The van der Waals surface area contributed by atoms with Crippen LogP contribution in [0.25, 0.3) is 0 Å². The SMILES string of the molecule is Cc1ccc(C2(O)CCOCC2)c(F)c1C. The lowest BCUT2D eigenvalue weighted by Gasteiger charge is -2.33. The lowest BCUT2D eigenvalue weighted by atomic mass is 9.84. The van der Waals surface area contributed by atoms with Crippen molar-refractivity contribution in [3.05, 3.63) is 34.6 Å². The van der Waals surface area contributed by atoms with Crippen LogP contribution in [-0.4, -0.2) is 18.3 Å². The van der Waals surface area contributed by atoms with Crippen molar-refractivity contribution in [2.24, 2.45) is 0 Å². The zero-order valence-corrected chi connectivity index (χ0v) is 9.72. The molecular weight excluding hydrogens is 207 g/mol. The van der Waals surface area contributed by atoms with Crippen LogP contribution >= 0.6 is 0 Å². The first-order valence-corrected chi connectivity index (χ1v) is 5.61. The van der Waals surface area contributed by atoms with Crippen molar-refractivity contribution in [1.82, 2.24) is 0 Å². The van der Waals surface area contributed by atoms with E-state index in [1.807, 2.05) is 13.0 Å². The molecule has 0 saturated carbocycles. The van der Waals surface area contributed by atoms with Crippen molar-refractivity contribution in [1.29, 1.82) is 0 Å². The molecule has 0 spiro atoms. The molecule has 0 unspecified atom stereocenters. The van der Waals surface area contributed by atoms with Gasteiger partial charge in [-0.05, 0) is 25.0 Å². The molecule has 0 atom stereocenters. The summed E-state index contributed by atoms with van der Waals surface area (Å²) in [6.45, 7) is 4.60. The zero-order chi connectivity index (χ0) is 11.8. The number of ether oxygens (including phenoxy) is 1. The van der Waals surface area contributed by atoms with E-state index in [4.69, 9.17) is 4.74 Å². The van der Waals surface area contributed by atoms with Gasteiger partial charge in [0.1, 0.15) is 5.82 Å². The van der Waals surface area contributed by atoms with Crippen LogP contribution in [0.1, 0.15) is 29.5 Å². The van der Waals surface area contributed by atoms with E-state index >= 15 is 0 Å². The number of halogens is 1. The largest absolute Gasteiger partial charge is 0.385 e. The molecular formula is C13H17FO2. The van der Waals surface area contributed by atoms with Gasteiger partial charge >= 0.3 is 0 Å². The monoisotopic (exact) mass is 224 g/mol. The van der Waals surface area contributed by atoms with Gasteiger partial charge < -0.3 is 9.84 Å². The molecule has 1 fully saturated rings. The Morgan fingerprint density at radius 1 is 1.25 bits per heavy atom. The van der Waals surface area contributed by atoms with Gasteiger partial charge in [0.2, 0.25) is 0 Å². The third kappa shape index (κ3) is 1.85. The second-order valence-corrected chi connectivity index (χ2v) is 4.51. The summed E-state index contributed by atoms with van der Waals surface area (Å²) in [5.74, 6) is -0.274. The smallest absolute Gasteiger partial charge is 0.132 e. The third-order valence-electron chi connectivity index (χ3n) is 3.48. The number of rotatable bonds is 1. The van der Waals surface area contributed by atoms with Gasteiger partial charge in [0, 0.05) is 31.6 Å². The Balaban J connectivity index is 2.43. The lowest BCUT2D eigenvalue weighted by molar-refractivity contribution is -0.0698. The summed E-state index contributed by atoms with van der Waals surface area (Å²) in [6.07, 6.45) is 0.929. The van der Waals surface area contributed by atoms with E-state index < -0.39 is 5.60 Å². The standard InChI is InChI=1S/C13H17FO2/c1-9-3-4-11(12(14)10(9)2)13(15)5-7-16-8-6-13/h3-4,15H,5-8H2,1-2H3. The van der Waals surface area contributed by atoms with Crippen molar-refractivity contribution in [3.8, 4) is 0 Å². The first kappa shape index (κ1) is 11.6. The van der Waals surface area contributed by atoms with Crippen molar-refractivity contribution in [2.45, 2.75) is 32.3 Å². The van der Waals surface area contributed by atoms with Crippen LogP contribution in [0.2, 0.25) is 0 Å². The van der Waals surface area contributed by atoms with E-state index in [2.05, 4.69) is 0 Å². The molecule has 1 aliphatic heterocycles. The van der Waals surface area contributed by atoms with Crippen LogP contribution in [0, 0.1) is 19.7 Å². The minimum Gasteiger partial charge on any atom is -0.385 e. The van der Waals surface area contributed by atoms with Crippen LogP contribution in [0.15, 0.2) is 12.1 Å². The summed E-state index contributed by atoms with van der Waals surface area (Å²) in [5, 5.41) is 10.4. The van der Waals surface area contributed by atoms with E-state index in [9.17, 15) is 9.50 Å². The number of aryl methyl sites for hydroxylation is 1. The molecule has 1 heterocycles. The van der Waals surface area contributed by atoms with Crippen LogP contribution < -0.4 is 0 Å². The summed E-state index contributed by atoms with van der Waals surface area (Å²) < 4.78 is 19.3. The molecule has 3 heteroatoms. The van der Waals surface area contributed by atoms with E-state index in [-0.39, 0.29) is 5.82 Å². The highest BCUT2D eigenvalue weighted by atomic mass is 19.1. The second kappa shape index (κ2) is 4.15. The maximum Gasteiger partial charge on any atom is 0.132 e. The topological polar surface area (TPSA) is 29.5 Å². The van der Waals surface area contributed by atoms with E-state index in [0.29, 0.717) is 37.2 Å². The quantitative estimate of drug-likeness (QED) is 0.794. The molecule has 1 aliphatic rings. The predicted molar refractivity (Wildman–Crippen MR) is 59.8 cm³/mol. The summed E-state index contributed by atoms with van der Waals surface area (Å²) in [7, 11) is 0. The summed E-state index contributed by atoms with van der Waals surface area (Å²) >= 11 is 0. The van der Waals surface area contributed by atoms with E-state index in [1.54, 1.807) is 13.0 Å². The Labute approximate surface area is 95.1 Å². The average Bonchev–Trinajstić information content (AvgIpc) is 2.27. The Hall–Kier alpha value is -0.930. The number of aliphatic hydroxyl groups is 1. The third-order valence-corrected chi connectivity index (χ3v) is 3.48. The fraction of sp³-hybridized carbons (Fsp3) is 0.538. The van der Waals surface area contributed by atoms with Crippen molar-refractivity contribution < 1.29 is 14.2 Å². The molecule has 1 saturated heterocycles. The van der Waals surface area contributed by atoms with Gasteiger partial charge in [-0.25, -0.2) is 4.39 Å². The van der Waals surface area contributed by atoms with Gasteiger partial charge in [0.05, 0.1) is 5.60 Å². The molecule has 0 aromatic heterocycles. The van der Waals surface area contributed by atoms with Crippen LogP contribution in [-0.2, 0) is 10.3 Å². The zero-order valence-electron chi connectivity index (χ0n) is 9.72. The van der Waals surface area contributed by atoms with Crippen molar-refractivity contribution >= 4 is 0 Å². The molecule has 1 aromatic rings. The molecule has 0 radical (unpaired) electrons. The minimum absolute atomic E-state index is 0.274. The van der Waals surface area contributed by atoms with Crippen molar-refractivity contribution in [3.63, 3.8) is 0 Å². The first-order chi connectivity index (χ1) is 7.54. The molecule has 0 amide bonds. The summed E-state index contributed by atoms with van der Waals surface area (Å²) in [5.41, 5.74) is 0.897. The number of hydrogen-bond donors (Lipinski definition) is 1. The van der Waals surface area contributed by atoms with Gasteiger partial charge in [-0.2, -0.15) is 0 Å². The van der Waals surface area contributed by atoms with Gasteiger partial charge in [-0.3, -0.25) is 0 Å². The molecule has 0 bridgehead atoms. The van der Waals surface area contributed by atoms with E-state index in [0.717, 1.165) is 5.56 Å². The summed E-state index contributed by atoms with van der Waals surface area (Å²) in [6, 6.07) is 3.56. The lowest BCUT2D eigenvalue weighted by Crippen LogP contribution is -2.34. The molecule has 2 nitrogen and oxygen atoms in total. The van der Waals surface area contributed by atoms with Gasteiger partial charge in [-0.15, -0.1) is 0 Å². The Bertz CT molecular complexity index is 395. The molecule has 1 aromatic carbocycles. The molecule has 2 rings (SSSR count). The molecule has 88 valence electrons. The van der Waals surface area contributed by atoms with Crippen LogP contribution in [0.4, 0.5) is 4.39 Å².